The minimum atomic E-state index is 0.598. The van der Waals surface area contributed by atoms with Gasteiger partial charge in [-0.15, -0.1) is 6.58 Å². The van der Waals surface area contributed by atoms with Crippen molar-refractivity contribution in [1.82, 2.24) is 15.5 Å². The summed E-state index contributed by atoms with van der Waals surface area (Å²) in [6.45, 7) is 6.72. The topological polar surface area (TPSA) is 51.0 Å². The van der Waals surface area contributed by atoms with E-state index in [9.17, 15) is 0 Å². The summed E-state index contributed by atoms with van der Waals surface area (Å²) in [5, 5.41) is 6.77. The van der Waals surface area contributed by atoms with Crippen molar-refractivity contribution in [3.8, 4) is 0 Å². The third-order valence-electron chi connectivity index (χ3n) is 1.14. The zero-order valence-corrected chi connectivity index (χ0v) is 6.50. The van der Waals surface area contributed by atoms with Crippen LogP contribution in [0, 0.1) is 6.92 Å². The lowest BCUT2D eigenvalue weighted by Crippen LogP contribution is -2.13. The summed E-state index contributed by atoms with van der Waals surface area (Å²) in [6, 6.07) is 0. The lowest BCUT2D eigenvalue weighted by molar-refractivity contribution is 0.386. The second-order valence-electron chi connectivity index (χ2n) is 2.15. The highest BCUT2D eigenvalue weighted by Gasteiger charge is 1.98. The Labute approximate surface area is 65.3 Å². The third-order valence-corrected chi connectivity index (χ3v) is 1.14. The first-order chi connectivity index (χ1) is 5.33. The average molecular weight is 153 g/mol. The van der Waals surface area contributed by atoms with Crippen LogP contribution >= 0.6 is 0 Å². The number of hydrogen-bond acceptors (Lipinski definition) is 4. The van der Waals surface area contributed by atoms with Gasteiger partial charge in [-0.05, 0) is 0 Å². The number of nitrogens with zero attached hydrogens (tertiary/aromatic N) is 2. The van der Waals surface area contributed by atoms with E-state index < -0.39 is 0 Å². The highest BCUT2D eigenvalue weighted by atomic mass is 16.5. The highest BCUT2D eigenvalue weighted by Crippen LogP contribution is 1.92. The van der Waals surface area contributed by atoms with Crippen molar-refractivity contribution >= 4 is 0 Å². The molecule has 0 saturated heterocycles. The molecule has 1 aromatic rings. The Bertz CT molecular complexity index is 231. The van der Waals surface area contributed by atoms with Gasteiger partial charge in [0.2, 0.25) is 5.89 Å². The van der Waals surface area contributed by atoms with Gasteiger partial charge in [0, 0.05) is 13.5 Å². The summed E-state index contributed by atoms with van der Waals surface area (Å²) in [6.07, 6.45) is 1.78. The number of hydrogen-bond donors (Lipinski definition) is 1. The van der Waals surface area contributed by atoms with E-state index in [4.69, 9.17) is 4.52 Å². The van der Waals surface area contributed by atoms with Gasteiger partial charge in [-0.1, -0.05) is 11.2 Å². The number of rotatable bonds is 4. The van der Waals surface area contributed by atoms with Crippen molar-refractivity contribution in [2.45, 2.75) is 13.5 Å². The fourth-order valence-electron chi connectivity index (χ4n) is 0.699. The Balaban J connectivity index is 2.32. The minimum absolute atomic E-state index is 0.598. The average Bonchev–Trinajstić information content (AvgIpc) is 2.37. The molecule has 4 heteroatoms. The number of nitrogens with one attached hydrogen (secondary N) is 1. The van der Waals surface area contributed by atoms with Crippen molar-refractivity contribution in [3.63, 3.8) is 0 Å². The molecule has 1 N–H and O–H groups in total. The van der Waals surface area contributed by atoms with Crippen molar-refractivity contribution in [2.24, 2.45) is 0 Å². The minimum Gasteiger partial charge on any atom is -0.340 e. The van der Waals surface area contributed by atoms with E-state index in [2.05, 4.69) is 22.0 Å². The smallest absolute Gasteiger partial charge is 0.223 e. The molecule has 0 unspecified atom stereocenters. The highest BCUT2D eigenvalue weighted by molar-refractivity contribution is 4.83. The van der Waals surface area contributed by atoms with Gasteiger partial charge in [-0.2, -0.15) is 4.98 Å². The largest absolute Gasteiger partial charge is 0.340 e. The van der Waals surface area contributed by atoms with E-state index in [-0.39, 0.29) is 0 Å². The van der Waals surface area contributed by atoms with Gasteiger partial charge < -0.3 is 9.84 Å². The molecule has 1 aromatic heterocycles. The SMILES string of the molecule is C=CCNCc1noc(C)n1. The van der Waals surface area contributed by atoms with Crippen LogP contribution in [-0.2, 0) is 6.54 Å². The Kier molecular flexibility index (Phi) is 2.80. The maximum absolute atomic E-state index is 4.77. The Morgan fingerprint density at radius 2 is 2.55 bits per heavy atom. The second kappa shape index (κ2) is 3.88. The molecule has 0 radical (unpaired) electrons. The summed E-state index contributed by atoms with van der Waals surface area (Å²) >= 11 is 0. The van der Waals surface area contributed by atoms with Crippen LogP contribution in [0.25, 0.3) is 0 Å². The number of aromatic nitrogens is 2. The lowest BCUT2D eigenvalue weighted by Gasteiger charge is -1.92. The fraction of sp³-hybridized carbons (Fsp3) is 0.429. The van der Waals surface area contributed by atoms with E-state index in [1.165, 1.54) is 0 Å². The van der Waals surface area contributed by atoms with Gasteiger partial charge in [0.1, 0.15) is 0 Å². The maximum atomic E-state index is 4.77. The molecule has 1 heterocycles. The second-order valence-corrected chi connectivity index (χ2v) is 2.15. The molecular weight excluding hydrogens is 142 g/mol. The van der Waals surface area contributed by atoms with Crippen LogP contribution < -0.4 is 5.32 Å². The van der Waals surface area contributed by atoms with Crippen LogP contribution in [0.2, 0.25) is 0 Å². The Hall–Kier alpha value is -1.16. The van der Waals surface area contributed by atoms with Crippen LogP contribution in [0.5, 0.6) is 0 Å². The molecule has 0 aromatic carbocycles. The quantitative estimate of drug-likeness (QED) is 0.509. The van der Waals surface area contributed by atoms with E-state index in [1.54, 1.807) is 13.0 Å². The first-order valence-corrected chi connectivity index (χ1v) is 3.43. The van der Waals surface area contributed by atoms with Crippen LogP contribution in [-0.4, -0.2) is 16.7 Å². The van der Waals surface area contributed by atoms with E-state index >= 15 is 0 Å². The molecule has 0 fully saturated rings. The Morgan fingerprint density at radius 1 is 1.73 bits per heavy atom. The van der Waals surface area contributed by atoms with Crippen molar-refractivity contribution < 1.29 is 4.52 Å². The molecule has 0 aliphatic heterocycles. The molecule has 11 heavy (non-hydrogen) atoms. The van der Waals surface area contributed by atoms with Gasteiger partial charge in [-0.25, -0.2) is 0 Å². The van der Waals surface area contributed by atoms with Gasteiger partial charge >= 0.3 is 0 Å². The summed E-state index contributed by atoms with van der Waals surface area (Å²) in [7, 11) is 0. The molecule has 1 rings (SSSR count). The zero-order chi connectivity index (χ0) is 8.10. The van der Waals surface area contributed by atoms with Crippen LogP contribution in [0.1, 0.15) is 11.7 Å². The molecule has 0 saturated carbocycles. The summed E-state index contributed by atoms with van der Waals surface area (Å²) in [4.78, 5) is 4.01. The van der Waals surface area contributed by atoms with Crippen LogP contribution in [0.3, 0.4) is 0 Å². The molecule has 0 aliphatic carbocycles. The first kappa shape index (κ1) is 7.94. The van der Waals surface area contributed by atoms with Gasteiger partial charge in [0.15, 0.2) is 5.82 Å². The molecule has 0 aliphatic rings. The van der Waals surface area contributed by atoms with E-state index in [0.717, 1.165) is 6.54 Å². The summed E-state index contributed by atoms with van der Waals surface area (Å²) < 4.78 is 4.77. The lowest BCUT2D eigenvalue weighted by atomic mass is 10.5. The molecule has 0 amide bonds. The van der Waals surface area contributed by atoms with E-state index in [1.807, 2.05) is 0 Å². The first-order valence-electron chi connectivity index (χ1n) is 3.43. The molecular formula is C7H11N3O. The molecule has 0 bridgehead atoms. The van der Waals surface area contributed by atoms with Gasteiger partial charge in [-0.3, -0.25) is 0 Å². The Morgan fingerprint density at radius 3 is 3.09 bits per heavy atom. The maximum Gasteiger partial charge on any atom is 0.223 e. The molecule has 60 valence electrons. The normalized spacial score (nSPS) is 9.91. The van der Waals surface area contributed by atoms with Gasteiger partial charge in [0.05, 0.1) is 6.54 Å². The number of aryl methyl sites for hydroxylation is 1. The van der Waals surface area contributed by atoms with Crippen molar-refractivity contribution in [2.75, 3.05) is 6.54 Å². The summed E-state index contributed by atoms with van der Waals surface area (Å²) in [5.74, 6) is 1.28. The monoisotopic (exact) mass is 153 g/mol. The van der Waals surface area contributed by atoms with Gasteiger partial charge in [0.25, 0.3) is 0 Å². The predicted molar refractivity (Wildman–Crippen MR) is 40.9 cm³/mol. The van der Waals surface area contributed by atoms with Crippen molar-refractivity contribution in [3.05, 3.63) is 24.4 Å². The third kappa shape index (κ3) is 2.51. The molecule has 0 atom stereocenters. The zero-order valence-electron chi connectivity index (χ0n) is 6.50. The summed E-state index contributed by atoms with van der Waals surface area (Å²) in [5.41, 5.74) is 0. The molecule has 4 nitrogen and oxygen atoms in total. The fourth-order valence-corrected chi connectivity index (χ4v) is 0.699. The van der Waals surface area contributed by atoms with Crippen LogP contribution in [0.15, 0.2) is 17.2 Å². The standard InChI is InChI=1S/C7H11N3O/c1-3-4-8-5-7-9-6(2)11-10-7/h3,8H,1,4-5H2,2H3. The van der Waals surface area contributed by atoms with Crippen LogP contribution in [0.4, 0.5) is 0 Å². The van der Waals surface area contributed by atoms with Crippen molar-refractivity contribution in [1.29, 1.82) is 0 Å². The molecule has 0 spiro atoms. The predicted octanol–water partition coefficient (Wildman–Crippen LogP) is 0.654. The van der Waals surface area contributed by atoms with E-state index in [0.29, 0.717) is 18.3 Å².